The van der Waals surface area contributed by atoms with Crippen LogP contribution in [0.4, 0.5) is 5.69 Å². The molecular weight excluding hydrogens is 546 g/mol. The van der Waals surface area contributed by atoms with Crippen LogP contribution in [0.15, 0.2) is 65.6 Å². The van der Waals surface area contributed by atoms with E-state index in [1.54, 1.807) is 50.4 Å². The average molecular weight is 584 g/mol. The summed E-state index contributed by atoms with van der Waals surface area (Å²) < 4.78 is 45.2. The van der Waals surface area contributed by atoms with Crippen LogP contribution < -0.4 is 23.8 Å². The molecule has 2 amide bonds. The van der Waals surface area contributed by atoms with Crippen LogP contribution in [0.2, 0.25) is 0 Å². The largest absolute Gasteiger partial charge is 0.497 e. The fraction of sp³-hybridized carbons (Fsp3) is 0.333. The quantitative estimate of drug-likeness (QED) is 0.346. The van der Waals surface area contributed by atoms with E-state index in [0.29, 0.717) is 17.2 Å². The van der Waals surface area contributed by atoms with Crippen molar-refractivity contribution < 1.29 is 32.2 Å². The van der Waals surface area contributed by atoms with Crippen LogP contribution >= 0.6 is 0 Å². The van der Waals surface area contributed by atoms with Gasteiger partial charge in [0.05, 0.1) is 31.9 Å². The molecule has 0 saturated heterocycles. The minimum Gasteiger partial charge on any atom is -0.497 e. The number of amides is 2. The lowest BCUT2D eigenvalue weighted by atomic mass is 10.1. The fourth-order valence-corrected chi connectivity index (χ4v) is 5.86. The maximum absolute atomic E-state index is 14.1. The first-order valence-corrected chi connectivity index (χ1v) is 14.4. The molecule has 3 aromatic rings. The van der Waals surface area contributed by atoms with E-state index in [-0.39, 0.29) is 23.1 Å². The molecule has 220 valence electrons. The van der Waals surface area contributed by atoms with Crippen LogP contribution in [0.5, 0.6) is 17.2 Å². The molecule has 0 aliphatic rings. The number of anilines is 1. The minimum atomic E-state index is -4.27. The molecule has 41 heavy (non-hydrogen) atoms. The summed E-state index contributed by atoms with van der Waals surface area (Å²) in [5, 5.41) is 2.57. The van der Waals surface area contributed by atoms with Gasteiger partial charge < -0.3 is 24.4 Å². The Kier molecular flexibility index (Phi) is 10.2. The van der Waals surface area contributed by atoms with Gasteiger partial charge in [0.15, 0.2) is 11.5 Å². The summed E-state index contributed by atoms with van der Waals surface area (Å²) in [4.78, 5) is 27.9. The molecule has 10 nitrogen and oxygen atoms in total. The molecule has 0 aliphatic heterocycles. The van der Waals surface area contributed by atoms with Crippen molar-refractivity contribution >= 4 is 27.5 Å². The summed E-state index contributed by atoms with van der Waals surface area (Å²) in [6, 6.07) is 15.8. The Morgan fingerprint density at radius 1 is 0.854 bits per heavy atom. The number of ether oxygens (including phenoxy) is 3. The van der Waals surface area contributed by atoms with Gasteiger partial charge in [-0.25, -0.2) is 8.42 Å². The van der Waals surface area contributed by atoms with Gasteiger partial charge in [-0.05, 0) is 73.9 Å². The first-order chi connectivity index (χ1) is 19.4. The van der Waals surface area contributed by atoms with Gasteiger partial charge in [-0.15, -0.1) is 0 Å². The molecule has 0 fully saturated rings. The first kappa shape index (κ1) is 31.3. The number of likely N-dealkylation sites (N-methyl/N-ethyl adjacent to an activating group) is 1. The second-order valence-electron chi connectivity index (χ2n) is 9.53. The maximum atomic E-state index is 14.1. The Morgan fingerprint density at radius 3 is 2.00 bits per heavy atom. The number of hydrogen-bond donors (Lipinski definition) is 1. The zero-order valence-electron chi connectivity index (χ0n) is 24.4. The van der Waals surface area contributed by atoms with Crippen LogP contribution in [0.3, 0.4) is 0 Å². The third kappa shape index (κ3) is 7.29. The summed E-state index contributed by atoms with van der Waals surface area (Å²) in [5.41, 5.74) is 2.72. The molecule has 0 aromatic heterocycles. The van der Waals surface area contributed by atoms with Crippen LogP contribution in [0.25, 0.3) is 0 Å². The smallest absolute Gasteiger partial charge is 0.264 e. The van der Waals surface area contributed by atoms with Gasteiger partial charge in [-0.3, -0.25) is 13.9 Å². The van der Waals surface area contributed by atoms with E-state index in [0.717, 1.165) is 21.0 Å². The predicted octanol–water partition coefficient (Wildman–Crippen LogP) is 3.69. The second-order valence-corrected chi connectivity index (χ2v) is 11.4. The van der Waals surface area contributed by atoms with Gasteiger partial charge in [0.2, 0.25) is 11.8 Å². The molecule has 3 rings (SSSR count). The number of rotatable bonds is 12. The number of carbonyl (C=O) groups excluding carboxylic acids is 2. The molecular formula is C30H37N3O7S. The molecule has 1 atom stereocenters. The SMILES string of the molecule is CNC(=O)[C@@H](C)N(Cc1ccc(OC)cc1)C(=O)CN(c1cc(C)cc(C)c1)S(=O)(=O)c1ccc(OC)c(OC)c1. The van der Waals surface area contributed by atoms with Crippen molar-refractivity contribution in [1.82, 2.24) is 10.2 Å². The highest BCUT2D eigenvalue weighted by Crippen LogP contribution is 2.33. The summed E-state index contributed by atoms with van der Waals surface area (Å²) in [6.07, 6.45) is 0. The van der Waals surface area contributed by atoms with Crippen LogP contribution in [-0.4, -0.2) is 66.1 Å². The highest BCUT2D eigenvalue weighted by molar-refractivity contribution is 7.92. The lowest BCUT2D eigenvalue weighted by molar-refractivity contribution is -0.139. The fourth-order valence-electron chi connectivity index (χ4n) is 4.45. The Bertz CT molecular complexity index is 1470. The first-order valence-electron chi connectivity index (χ1n) is 12.9. The van der Waals surface area contributed by atoms with E-state index < -0.39 is 28.5 Å². The number of aryl methyl sites for hydroxylation is 2. The third-order valence-corrected chi connectivity index (χ3v) is 8.41. The molecule has 0 spiro atoms. The van der Waals surface area contributed by atoms with Gasteiger partial charge in [-0.1, -0.05) is 18.2 Å². The van der Waals surface area contributed by atoms with Crippen molar-refractivity contribution in [2.75, 3.05) is 39.2 Å². The molecule has 0 unspecified atom stereocenters. The van der Waals surface area contributed by atoms with Gasteiger partial charge in [0.25, 0.3) is 10.0 Å². The van der Waals surface area contributed by atoms with Crippen molar-refractivity contribution in [3.8, 4) is 17.2 Å². The highest BCUT2D eigenvalue weighted by atomic mass is 32.2. The monoisotopic (exact) mass is 583 g/mol. The zero-order chi connectivity index (χ0) is 30.3. The van der Waals surface area contributed by atoms with Crippen molar-refractivity contribution in [2.45, 2.75) is 38.3 Å². The Labute approximate surface area is 241 Å². The van der Waals surface area contributed by atoms with Crippen molar-refractivity contribution in [3.05, 3.63) is 77.4 Å². The molecule has 0 heterocycles. The van der Waals surface area contributed by atoms with Crippen molar-refractivity contribution in [3.63, 3.8) is 0 Å². The van der Waals surface area contributed by atoms with Crippen molar-refractivity contribution in [2.24, 2.45) is 0 Å². The molecule has 11 heteroatoms. The molecule has 0 bridgehead atoms. The Balaban J connectivity index is 2.09. The van der Waals surface area contributed by atoms with E-state index in [2.05, 4.69) is 5.32 Å². The molecule has 0 aliphatic carbocycles. The van der Waals surface area contributed by atoms with Crippen LogP contribution in [0.1, 0.15) is 23.6 Å². The number of methoxy groups -OCH3 is 3. The topological polar surface area (TPSA) is 114 Å². The second kappa shape index (κ2) is 13.4. The third-order valence-electron chi connectivity index (χ3n) is 6.64. The standard InChI is InChI=1S/C30H37N3O7S/c1-20-14-21(2)16-24(15-20)33(41(36,37)26-12-13-27(39-6)28(17-26)40-7)19-29(34)32(22(3)30(35)31-4)18-23-8-10-25(38-5)11-9-23/h8-17,22H,18-19H2,1-7H3,(H,31,35)/t22-/m1/s1. The lowest BCUT2D eigenvalue weighted by Crippen LogP contribution is -2.50. The predicted molar refractivity (Wildman–Crippen MR) is 157 cm³/mol. The number of benzene rings is 3. The summed E-state index contributed by atoms with van der Waals surface area (Å²) in [5.74, 6) is 0.306. The van der Waals surface area contributed by atoms with E-state index in [9.17, 15) is 18.0 Å². The van der Waals surface area contributed by atoms with Crippen molar-refractivity contribution in [1.29, 1.82) is 0 Å². The maximum Gasteiger partial charge on any atom is 0.264 e. The minimum absolute atomic E-state index is 0.0779. The average Bonchev–Trinajstić information content (AvgIpc) is 2.96. The van der Waals surface area contributed by atoms with Gasteiger partial charge >= 0.3 is 0 Å². The zero-order valence-corrected chi connectivity index (χ0v) is 25.2. The van der Waals surface area contributed by atoms with Gasteiger partial charge in [0, 0.05) is 19.7 Å². The van der Waals surface area contributed by atoms with Crippen LogP contribution in [-0.2, 0) is 26.2 Å². The van der Waals surface area contributed by atoms with E-state index in [1.165, 1.54) is 44.4 Å². The molecule has 0 radical (unpaired) electrons. The van der Waals surface area contributed by atoms with Gasteiger partial charge in [0.1, 0.15) is 18.3 Å². The highest BCUT2D eigenvalue weighted by Gasteiger charge is 2.33. The molecule has 3 aromatic carbocycles. The van der Waals surface area contributed by atoms with E-state index >= 15 is 0 Å². The van der Waals surface area contributed by atoms with E-state index in [1.807, 2.05) is 19.9 Å². The number of carbonyl (C=O) groups is 2. The number of hydrogen-bond acceptors (Lipinski definition) is 7. The Morgan fingerprint density at radius 2 is 1.46 bits per heavy atom. The Hall–Kier alpha value is -4.25. The molecule has 1 N–H and O–H groups in total. The molecule has 0 saturated carbocycles. The lowest BCUT2D eigenvalue weighted by Gasteiger charge is -2.32. The summed E-state index contributed by atoms with van der Waals surface area (Å²) in [6.45, 7) is 4.84. The summed E-state index contributed by atoms with van der Waals surface area (Å²) in [7, 11) is 1.63. The number of nitrogens with one attached hydrogen (secondary N) is 1. The number of nitrogens with zero attached hydrogens (tertiary/aromatic N) is 2. The normalized spacial score (nSPS) is 11.8. The summed E-state index contributed by atoms with van der Waals surface area (Å²) >= 11 is 0. The van der Waals surface area contributed by atoms with Gasteiger partial charge in [-0.2, -0.15) is 0 Å². The van der Waals surface area contributed by atoms with E-state index in [4.69, 9.17) is 14.2 Å². The van der Waals surface area contributed by atoms with Crippen LogP contribution in [0, 0.1) is 13.8 Å². The number of sulfonamides is 1.